The third kappa shape index (κ3) is 3.49. The summed E-state index contributed by atoms with van der Waals surface area (Å²) in [6.07, 6.45) is 4.07. The molecule has 1 aliphatic rings. The van der Waals surface area contributed by atoms with Crippen LogP contribution in [-0.4, -0.2) is 32.4 Å². The number of ether oxygens (including phenoxy) is 2. The summed E-state index contributed by atoms with van der Waals surface area (Å²) in [5.41, 5.74) is 7.29. The molecule has 8 nitrogen and oxygen atoms in total. The zero-order chi connectivity index (χ0) is 17.9. The number of nitrogens with two attached hydrogens (primary N) is 1. The van der Waals surface area contributed by atoms with E-state index < -0.39 is 5.91 Å². The number of rotatable bonds is 6. The van der Waals surface area contributed by atoms with Crippen LogP contribution in [0.25, 0.3) is 0 Å². The van der Waals surface area contributed by atoms with Crippen molar-refractivity contribution < 1.29 is 14.3 Å². The first-order chi connectivity index (χ1) is 12.7. The topological polar surface area (TPSA) is 105 Å². The summed E-state index contributed by atoms with van der Waals surface area (Å²) in [5.74, 6) is 2.15. The van der Waals surface area contributed by atoms with E-state index in [0.717, 1.165) is 22.7 Å². The first-order valence-electron chi connectivity index (χ1n) is 8.16. The van der Waals surface area contributed by atoms with Gasteiger partial charge in [-0.05, 0) is 29.3 Å². The summed E-state index contributed by atoms with van der Waals surface area (Å²) in [7, 11) is 0. The standard InChI is InChI=1S/C18H17N5O3/c19-16(24)8-17-21-18(7-12-2-1-5-20-9-12)23(22-17)10-13-3-4-14-15(6-13)26-11-25-14/h1-6,9H,7-8,10-11H2,(H2,19,24). The Morgan fingerprint density at radius 3 is 2.88 bits per heavy atom. The Kier molecular flexibility index (Phi) is 4.22. The van der Waals surface area contributed by atoms with E-state index >= 15 is 0 Å². The molecule has 0 bridgehead atoms. The number of carbonyl (C=O) groups excluding carboxylic acids is 1. The van der Waals surface area contributed by atoms with Crippen molar-refractivity contribution in [1.29, 1.82) is 0 Å². The van der Waals surface area contributed by atoms with Gasteiger partial charge in [0.15, 0.2) is 17.3 Å². The van der Waals surface area contributed by atoms with Crippen molar-refractivity contribution in [3.63, 3.8) is 0 Å². The number of hydrogen-bond donors (Lipinski definition) is 1. The van der Waals surface area contributed by atoms with E-state index in [0.29, 0.717) is 24.5 Å². The zero-order valence-corrected chi connectivity index (χ0v) is 14.0. The fourth-order valence-corrected chi connectivity index (χ4v) is 2.81. The smallest absolute Gasteiger partial charge is 0.231 e. The molecule has 3 heterocycles. The number of primary amides is 1. The minimum Gasteiger partial charge on any atom is -0.454 e. The average molecular weight is 351 g/mol. The summed E-state index contributed by atoms with van der Waals surface area (Å²) in [6, 6.07) is 9.60. The van der Waals surface area contributed by atoms with Gasteiger partial charge < -0.3 is 15.2 Å². The minimum atomic E-state index is -0.460. The Labute approximate surface area is 149 Å². The molecule has 3 aromatic rings. The van der Waals surface area contributed by atoms with Gasteiger partial charge in [-0.1, -0.05) is 12.1 Å². The molecular formula is C18H17N5O3. The van der Waals surface area contributed by atoms with Crippen LogP contribution in [0, 0.1) is 0 Å². The van der Waals surface area contributed by atoms with Gasteiger partial charge in [0.1, 0.15) is 5.82 Å². The Morgan fingerprint density at radius 1 is 1.19 bits per heavy atom. The van der Waals surface area contributed by atoms with Crippen LogP contribution >= 0.6 is 0 Å². The molecular weight excluding hydrogens is 334 g/mol. The summed E-state index contributed by atoms with van der Waals surface area (Å²) in [4.78, 5) is 19.8. The number of amides is 1. The van der Waals surface area contributed by atoms with Crippen molar-refractivity contribution in [2.45, 2.75) is 19.4 Å². The zero-order valence-electron chi connectivity index (χ0n) is 14.0. The van der Waals surface area contributed by atoms with Crippen molar-refractivity contribution in [2.24, 2.45) is 5.73 Å². The predicted octanol–water partition coefficient (Wildman–Crippen LogP) is 1.07. The van der Waals surface area contributed by atoms with E-state index in [1.165, 1.54) is 0 Å². The summed E-state index contributed by atoms with van der Waals surface area (Å²) in [5, 5.41) is 4.45. The molecule has 8 heteroatoms. The maximum Gasteiger partial charge on any atom is 0.231 e. The van der Waals surface area contributed by atoms with Crippen molar-refractivity contribution in [2.75, 3.05) is 6.79 Å². The van der Waals surface area contributed by atoms with Crippen LogP contribution in [0.2, 0.25) is 0 Å². The van der Waals surface area contributed by atoms with Crippen LogP contribution < -0.4 is 15.2 Å². The number of nitrogens with zero attached hydrogens (tertiary/aromatic N) is 4. The van der Waals surface area contributed by atoms with Crippen molar-refractivity contribution in [3.8, 4) is 11.5 Å². The predicted molar refractivity (Wildman–Crippen MR) is 91.6 cm³/mol. The number of aromatic nitrogens is 4. The molecule has 1 amide bonds. The highest BCUT2D eigenvalue weighted by molar-refractivity contribution is 5.75. The Hall–Kier alpha value is -3.42. The lowest BCUT2D eigenvalue weighted by Crippen LogP contribution is -2.15. The molecule has 0 radical (unpaired) electrons. The fraction of sp³-hybridized carbons (Fsp3) is 0.222. The highest BCUT2D eigenvalue weighted by Gasteiger charge is 2.16. The van der Waals surface area contributed by atoms with Gasteiger partial charge >= 0.3 is 0 Å². The highest BCUT2D eigenvalue weighted by Crippen LogP contribution is 2.32. The van der Waals surface area contributed by atoms with Crippen LogP contribution in [0.3, 0.4) is 0 Å². The molecule has 0 unspecified atom stereocenters. The Balaban J connectivity index is 1.62. The number of hydrogen-bond acceptors (Lipinski definition) is 6. The molecule has 0 fully saturated rings. The first-order valence-corrected chi connectivity index (χ1v) is 8.16. The van der Waals surface area contributed by atoms with E-state index in [1.54, 1.807) is 17.1 Å². The Morgan fingerprint density at radius 2 is 2.08 bits per heavy atom. The number of pyridine rings is 1. The SMILES string of the molecule is NC(=O)Cc1nc(Cc2cccnc2)n(Cc2ccc3c(c2)OCO3)n1. The van der Waals surface area contributed by atoms with Gasteiger partial charge in [-0.15, -0.1) is 0 Å². The molecule has 26 heavy (non-hydrogen) atoms. The van der Waals surface area contributed by atoms with Crippen LogP contribution in [0.15, 0.2) is 42.7 Å². The normalized spacial score (nSPS) is 12.3. The summed E-state index contributed by atoms with van der Waals surface area (Å²) < 4.78 is 12.5. The van der Waals surface area contributed by atoms with Gasteiger partial charge in [-0.25, -0.2) is 9.67 Å². The fourth-order valence-electron chi connectivity index (χ4n) is 2.81. The van der Waals surface area contributed by atoms with Crippen LogP contribution in [0.5, 0.6) is 11.5 Å². The second-order valence-electron chi connectivity index (χ2n) is 5.97. The third-order valence-corrected chi connectivity index (χ3v) is 3.98. The molecule has 0 spiro atoms. The maximum absolute atomic E-state index is 11.2. The Bertz CT molecular complexity index is 939. The van der Waals surface area contributed by atoms with Crippen LogP contribution in [0.4, 0.5) is 0 Å². The maximum atomic E-state index is 11.2. The van der Waals surface area contributed by atoms with Gasteiger partial charge in [0.25, 0.3) is 0 Å². The van der Waals surface area contributed by atoms with E-state index in [1.807, 2.05) is 30.3 Å². The minimum absolute atomic E-state index is 0.00811. The van der Waals surface area contributed by atoms with Crippen molar-refractivity contribution in [3.05, 3.63) is 65.5 Å². The molecule has 1 aromatic carbocycles. The number of fused-ring (bicyclic) bond motifs is 1. The molecule has 0 aliphatic carbocycles. The summed E-state index contributed by atoms with van der Waals surface area (Å²) >= 11 is 0. The van der Waals surface area contributed by atoms with Gasteiger partial charge in [-0.2, -0.15) is 5.10 Å². The van der Waals surface area contributed by atoms with Crippen LogP contribution in [0.1, 0.15) is 22.8 Å². The van der Waals surface area contributed by atoms with Crippen molar-refractivity contribution >= 4 is 5.91 Å². The van der Waals surface area contributed by atoms with Gasteiger partial charge in [0.2, 0.25) is 12.7 Å². The van der Waals surface area contributed by atoms with E-state index in [2.05, 4.69) is 15.1 Å². The van der Waals surface area contributed by atoms with Gasteiger partial charge in [0, 0.05) is 18.8 Å². The quantitative estimate of drug-likeness (QED) is 0.712. The van der Waals surface area contributed by atoms with E-state index in [9.17, 15) is 4.79 Å². The average Bonchev–Trinajstić information content (AvgIpc) is 3.22. The molecule has 132 valence electrons. The second kappa shape index (κ2) is 6.83. The highest BCUT2D eigenvalue weighted by atomic mass is 16.7. The second-order valence-corrected chi connectivity index (χ2v) is 5.97. The number of benzene rings is 1. The molecule has 1 aliphatic heterocycles. The van der Waals surface area contributed by atoms with Gasteiger partial charge in [0.05, 0.1) is 13.0 Å². The summed E-state index contributed by atoms with van der Waals surface area (Å²) in [6.45, 7) is 0.731. The van der Waals surface area contributed by atoms with E-state index in [-0.39, 0.29) is 13.2 Å². The lowest BCUT2D eigenvalue weighted by Gasteiger charge is -2.07. The molecule has 0 saturated carbocycles. The first kappa shape index (κ1) is 16.1. The monoisotopic (exact) mass is 351 g/mol. The van der Waals surface area contributed by atoms with E-state index in [4.69, 9.17) is 15.2 Å². The lowest BCUT2D eigenvalue weighted by atomic mass is 10.2. The molecule has 0 atom stereocenters. The molecule has 2 aromatic heterocycles. The van der Waals surface area contributed by atoms with Crippen molar-refractivity contribution in [1.82, 2.24) is 19.7 Å². The molecule has 0 saturated heterocycles. The lowest BCUT2D eigenvalue weighted by molar-refractivity contribution is -0.117. The number of carbonyl (C=O) groups is 1. The molecule has 4 rings (SSSR count). The third-order valence-electron chi connectivity index (χ3n) is 3.98. The van der Waals surface area contributed by atoms with Gasteiger partial charge in [-0.3, -0.25) is 9.78 Å². The van der Waals surface area contributed by atoms with Crippen LogP contribution in [-0.2, 0) is 24.2 Å². The largest absolute Gasteiger partial charge is 0.454 e. The molecule has 2 N–H and O–H groups in total.